The summed E-state index contributed by atoms with van der Waals surface area (Å²) in [6.07, 6.45) is 0. The third kappa shape index (κ3) is 2.80. The Balaban J connectivity index is 2.83. The van der Waals surface area contributed by atoms with Crippen molar-refractivity contribution in [2.75, 3.05) is 14.2 Å². The Morgan fingerprint density at radius 3 is 2.43 bits per heavy atom. The second-order valence-corrected chi connectivity index (χ2v) is 4.17. The van der Waals surface area contributed by atoms with Crippen LogP contribution in [0.3, 0.4) is 0 Å². The highest BCUT2D eigenvalue weighted by Gasteiger charge is 2.24. The summed E-state index contributed by atoms with van der Waals surface area (Å²) in [6, 6.07) is 5.22. The van der Waals surface area contributed by atoms with E-state index in [1.165, 1.54) is 32.4 Å². The fraction of sp³-hybridized carbons (Fsp3) is 0.250. The summed E-state index contributed by atoms with van der Waals surface area (Å²) in [5.74, 6) is -0.390. The van der Waals surface area contributed by atoms with Gasteiger partial charge in [-0.25, -0.2) is 8.96 Å². The van der Waals surface area contributed by atoms with Crippen LogP contribution in [0, 0.1) is 5.82 Å². The zero-order valence-electron chi connectivity index (χ0n) is 7.77. The summed E-state index contributed by atoms with van der Waals surface area (Å²) in [4.78, 5) is 0. The maximum absolute atomic E-state index is 12.7. The van der Waals surface area contributed by atoms with Crippen LogP contribution in [-0.2, 0) is 13.6 Å². The van der Waals surface area contributed by atoms with Gasteiger partial charge in [0, 0.05) is 20.3 Å². The average molecular weight is 220 g/mol. The SMILES string of the molecule is COP(=O)(OC)Oc1cccc(F)c1. The van der Waals surface area contributed by atoms with Crippen molar-refractivity contribution < 1.29 is 22.5 Å². The number of halogens is 1. The highest BCUT2D eigenvalue weighted by atomic mass is 31.2. The van der Waals surface area contributed by atoms with Crippen molar-refractivity contribution in [2.45, 2.75) is 0 Å². The largest absolute Gasteiger partial charge is 0.529 e. The Bertz CT molecular complexity index is 347. The molecule has 0 saturated heterocycles. The summed E-state index contributed by atoms with van der Waals surface area (Å²) < 4.78 is 38.0. The minimum absolute atomic E-state index is 0.0945. The molecule has 0 fully saturated rings. The van der Waals surface area contributed by atoms with Crippen LogP contribution in [0.15, 0.2) is 24.3 Å². The predicted octanol–water partition coefficient (Wildman–Crippen LogP) is 2.61. The number of phosphoric ester groups is 1. The van der Waals surface area contributed by atoms with Gasteiger partial charge in [0.05, 0.1) is 0 Å². The molecule has 0 atom stereocenters. The van der Waals surface area contributed by atoms with Crippen molar-refractivity contribution in [3.05, 3.63) is 30.1 Å². The molecular weight excluding hydrogens is 210 g/mol. The normalized spacial score (nSPS) is 11.4. The van der Waals surface area contributed by atoms with E-state index < -0.39 is 13.6 Å². The Morgan fingerprint density at radius 1 is 1.29 bits per heavy atom. The number of hydrogen-bond acceptors (Lipinski definition) is 4. The first-order valence-electron chi connectivity index (χ1n) is 3.76. The molecule has 0 aliphatic heterocycles. The molecule has 0 aliphatic carbocycles. The van der Waals surface area contributed by atoms with Gasteiger partial charge in [-0.3, -0.25) is 9.05 Å². The van der Waals surface area contributed by atoms with E-state index in [-0.39, 0.29) is 5.75 Å². The molecule has 1 aromatic carbocycles. The lowest BCUT2D eigenvalue weighted by molar-refractivity contribution is 0.211. The molecule has 0 amide bonds. The topological polar surface area (TPSA) is 44.8 Å². The second kappa shape index (κ2) is 4.55. The van der Waals surface area contributed by atoms with Gasteiger partial charge in [-0.05, 0) is 12.1 Å². The third-order valence-electron chi connectivity index (χ3n) is 1.46. The van der Waals surface area contributed by atoms with Gasteiger partial charge in [0.1, 0.15) is 11.6 Å². The summed E-state index contributed by atoms with van der Waals surface area (Å²) in [5.41, 5.74) is 0. The van der Waals surface area contributed by atoms with E-state index in [0.29, 0.717) is 0 Å². The average Bonchev–Trinajstić information content (AvgIpc) is 2.18. The fourth-order valence-corrected chi connectivity index (χ4v) is 1.47. The zero-order chi connectivity index (χ0) is 10.6. The highest BCUT2D eigenvalue weighted by Crippen LogP contribution is 2.47. The molecule has 0 unspecified atom stereocenters. The summed E-state index contributed by atoms with van der Waals surface area (Å²) in [6.45, 7) is 0. The molecular formula is C8H10FO4P. The van der Waals surface area contributed by atoms with Crippen LogP contribution in [0.4, 0.5) is 4.39 Å². The van der Waals surface area contributed by atoms with Gasteiger partial charge >= 0.3 is 7.82 Å². The molecule has 1 aromatic rings. The molecule has 14 heavy (non-hydrogen) atoms. The molecule has 78 valence electrons. The van der Waals surface area contributed by atoms with Crippen LogP contribution >= 0.6 is 7.82 Å². The van der Waals surface area contributed by atoms with Crippen molar-refractivity contribution in [3.63, 3.8) is 0 Å². The van der Waals surface area contributed by atoms with E-state index in [4.69, 9.17) is 4.52 Å². The Hall–Kier alpha value is -0.900. The van der Waals surface area contributed by atoms with E-state index in [2.05, 4.69) is 9.05 Å². The lowest BCUT2D eigenvalue weighted by Crippen LogP contribution is -1.97. The molecule has 0 radical (unpaired) electrons. The first-order chi connectivity index (χ1) is 6.59. The van der Waals surface area contributed by atoms with Crippen LogP contribution < -0.4 is 4.52 Å². The molecule has 1 rings (SSSR count). The van der Waals surface area contributed by atoms with E-state index in [9.17, 15) is 8.96 Å². The van der Waals surface area contributed by atoms with Gasteiger partial charge < -0.3 is 4.52 Å². The fourth-order valence-electron chi connectivity index (χ4n) is 0.802. The van der Waals surface area contributed by atoms with Gasteiger partial charge in [-0.15, -0.1) is 0 Å². The van der Waals surface area contributed by atoms with Crippen molar-refractivity contribution in [1.29, 1.82) is 0 Å². The van der Waals surface area contributed by atoms with E-state index in [1.54, 1.807) is 0 Å². The molecule has 0 aromatic heterocycles. The Morgan fingerprint density at radius 2 is 1.93 bits per heavy atom. The Labute approximate surface area is 81.2 Å². The maximum atomic E-state index is 12.7. The van der Waals surface area contributed by atoms with Crippen LogP contribution in [0.5, 0.6) is 5.75 Å². The zero-order valence-corrected chi connectivity index (χ0v) is 8.66. The summed E-state index contributed by atoms with van der Waals surface area (Å²) >= 11 is 0. The first-order valence-corrected chi connectivity index (χ1v) is 5.22. The lowest BCUT2D eigenvalue weighted by Gasteiger charge is -2.13. The maximum Gasteiger partial charge on any atom is 0.529 e. The molecule has 0 aliphatic rings. The monoisotopic (exact) mass is 220 g/mol. The standard InChI is InChI=1S/C8H10FO4P/c1-11-14(10,12-2)13-8-5-3-4-7(9)6-8/h3-6H,1-2H3. The molecule has 0 heterocycles. The lowest BCUT2D eigenvalue weighted by atomic mass is 10.3. The summed E-state index contributed by atoms with van der Waals surface area (Å²) in [5, 5.41) is 0. The molecule has 0 spiro atoms. The Kier molecular flexibility index (Phi) is 3.63. The molecule has 4 nitrogen and oxygen atoms in total. The predicted molar refractivity (Wildman–Crippen MR) is 48.7 cm³/mol. The van der Waals surface area contributed by atoms with E-state index >= 15 is 0 Å². The van der Waals surface area contributed by atoms with Crippen molar-refractivity contribution in [3.8, 4) is 5.75 Å². The minimum atomic E-state index is -3.59. The minimum Gasteiger partial charge on any atom is -0.404 e. The molecule has 0 saturated carbocycles. The van der Waals surface area contributed by atoms with Crippen LogP contribution in [0.1, 0.15) is 0 Å². The van der Waals surface area contributed by atoms with Crippen molar-refractivity contribution in [1.82, 2.24) is 0 Å². The van der Waals surface area contributed by atoms with Gasteiger partial charge in [-0.2, -0.15) is 0 Å². The number of rotatable bonds is 4. The number of hydrogen-bond donors (Lipinski definition) is 0. The van der Waals surface area contributed by atoms with E-state index in [1.807, 2.05) is 0 Å². The van der Waals surface area contributed by atoms with Crippen LogP contribution in [0.2, 0.25) is 0 Å². The van der Waals surface area contributed by atoms with Crippen LogP contribution in [0.25, 0.3) is 0 Å². The second-order valence-electron chi connectivity index (χ2n) is 2.36. The number of phosphoric acid groups is 1. The van der Waals surface area contributed by atoms with Crippen molar-refractivity contribution in [2.24, 2.45) is 0 Å². The van der Waals surface area contributed by atoms with Gasteiger partial charge in [0.15, 0.2) is 0 Å². The molecule has 0 bridgehead atoms. The van der Waals surface area contributed by atoms with E-state index in [0.717, 1.165) is 6.07 Å². The number of benzene rings is 1. The quantitative estimate of drug-likeness (QED) is 0.731. The third-order valence-corrected chi connectivity index (χ3v) is 2.79. The smallest absolute Gasteiger partial charge is 0.404 e. The van der Waals surface area contributed by atoms with Crippen LogP contribution in [-0.4, -0.2) is 14.2 Å². The molecule has 0 N–H and O–H groups in total. The first kappa shape index (κ1) is 11.2. The van der Waals surface area contributed by atoms with Gasteiger partial charge in [0.25, 0.3) is 0 Å². The van der Waals surface area contributed by atoms with Crippen molar-refractivity contribution >= 4 is 7.82 Å². The highest BCUT2D eigenvalue weighted by molar-refractivity contribution is 7.48. The van der Waals surface area contributed by atoms with Gasteiger partial charge in [0.2, 0.25) is 0 Å². The van der Waals surface area contributed by atoms with Gasteiger partial charge in [-0.1, -0.05) is 6.07 Å². The summed E-state index contributed by atoms with van der Waals surface area (Å²) in [7, 11) is -1.22. The molecule has 6 heteroatoms.